The number of non-ortho nitro benzene ring substituents is 1. The lowest BCUT2D eigenvalue weighted by molar-refractivity contribution is -0.384. The molecule has 1 aliphatic heterocycles. The van der Waals surface area contributed by atoms with Crippen LogP contribution in [0.3, 0.4) is 0 Å². The van der Waals surface area contributed by atoms with E-state index in [9.17, 15) is 14.9 Å². The third kappa shape index (κ3) is 3.55. The summed E-state index contributed by atoms with van der Waals surface area (Å²) in [6.45, 7) is 4.66. The van der Waals surface area contributed by atoms with Crippen LogP contribution in [-0.2, 0) is 6.42 Å². The summed E-state index contributed by atoms with van der Waals surface area (Å²) < 4.78 is 1.18. The summed E-state index contributed by atoms with van der Waals surface area (Å²) in [5, 5.41) is 11.9. The Morgan fingerprint density at radius 3 is 2.68 bits per heavy atom. The van der Waals surface area contributed by atoms with Crippen LogP contribution in [0.4, 0.5) is 10.8 Å². The minimum Gasteiger partial charge on any atom is -0.345 e. The number of carbonyl (C=O) groups excluding carboxylic acids is 1. The van der Waals surface area contributed by atoms with Gasteiger partial charge in [0.25, 0.3) is 11.6 Å². The van der Waals surface area contributed by atoms with Crippen LogP contribution >= 0.6 is 11.3 Å². The predicted octanol–water partition coefficient (Wildman–Crippen LogP) is 3.73. The zero-order valence-electron chi connectivity index (χ0n) is 15.5. The van der Waals surface area contributed by atoms with E-state index in [1.807, 2.05) is 0 Å². The maximum atomic E-state index is 12.7. The number of fused-ring (bicyclic) bond motifs is 1. The fourth-order valence-corrected chi connectivity index (χ4v) is 4.43. The number of hydrogen-bond acceptors (Lipinski definition) is 6. The highest BCUT2D eigenvalue weighted by Gasteiger charge is 2.24. The average molecular weight is 396 g/mol. The molecular formula is C20H20N4O3S. The molecular weight excluding hydrogens is 376 g/mol. The van der Waals surface area contributed by atoms with Crippen molar-refractivity contribution in [2.45, 2.75) is 13.3 Å². The smallest absolute Gasteiger partial charge is 0.270 e. The Bertz CT molecular complexity index is 1040. The Balaban J connectivity index is 1.45. The van der Waals surface area contributed by atoms with Crippen LogP contribution < -0.4 is 4.90 Å². The first-order valence-corrected chi connectivity index (χ1v) is 10.0. The monoisotopic (exact) mass is 396 g/mol. The van der Waals surface area contributed by atoms with Crippen molar-refractivity contribution in [1.82, 2.24) is 9.88 Å². The van der Waals surface area contributed by atoms with Crippen molar-refractivity contribution in [3.8, 4) is 0 Å². The van der Waals surface area contributed by atoms with Crippen LogP contribution in [0, 0.1) is 10.1 Å². The molecule has 1 amide bonds. The van der Waals surface area contributed by atoms with E-state index < -0.39 is 4.92 Å². The first-order valence-electron chi connectivity index (χ1n) is 9.23. The van der Waals surface area contributed by atoms with Gasteiger partial charge in [-0.2, -0.15) is 0 Å². The highest BCUT2D eigenvalue weighted by molar-refractivity contribution is 7.22. The number of thiazole rings is 1. The quantitative estimate of drug-likeness (QED) is 0.496. The minimum atomic E-state index is -0.480. The van der Waals surface area contributed by atoms with Gasteiger partial charge in [0.15, 0.2) is 5.13 Å². The molecule has 0 saturated carbocycles. The maximum absolute atomic E-state index is 12.7. The summed E-state index contributed by atoms with van der Waals surface area (Å²) in [6.07, 6.45) is 1.00. The third-order valence-corrected chi connectivity index (χ3v) is 6.07. The Hall–Kier alpha value is -3.00. The highest BCUT2D eigenvalue weighted by Crippen LogP contribution is 2.30. The van der Waals surface area contributed by atoms with Gasteiger partial charge in [0.05, 0.1) is 15.1 Å². The fraction of sp³-hybridized carbons (Fsp3) is 0.300. The molecule has 8 heteroatoms. The van der Waals surface area contributed by atoms with Crippen molar-refractivity contribution in [3.63, 3.8) is 0 Å². The number of carbonyl (C=O) groups is 1. The summed E-state index contributed by atoms with van der Waals surface area (Å²) in [5.74, 6) is -0.166. The van der Waals surface area contributed by atoms with E-state index in [2.05, 4.69) is 30.0 Å². The molecule has 28 heavy (non-hydrogen) atoms. The van der Waals surface area contributed by atoms with Crippen LogP contribution in [0.5, 0.6) is 0 Å². The maximum Gasteiger partial charge on any atom is 0.270 e. The number of hydrogen-bond donors (Lipinski definition) is 0. The van der Waals surface area contributed by atoms with Gasteiger partial charge in [-0.3, -0.25) is 14.9 Å². The molecule has 7 nitrogen and oxygen atoms in total. The summed E-state index contributed by atoms with van der Waals surface area (Å²) in [7, 11) is 0. The van der Waals surface area contributed by atoms with Crippen molar-refractivity contribution >= 4 is 38.3 Å². The van der Waals surface area contributed by atoms with E-state index in [1.54, 1.807) is 28.4 Å². The first-order chi connectivity index (χ1) is 13.5. The summed E-state index contributed by atoms with van der Waals surface area (Å²) >= 11 is 1.68. The number of piperazine rings is 1. The second kappa shape index (κ2) is 7.55. The number of nitro groups is 1. The van der Waals surface area contributed by atoms with Crippen LogP contribution in [0.15, 0.2) is 42.5 Å². The predicted molar refractivity (Wildman–Crippen MR) is 110 cm³/mol. The van der Waals surface area contributed by atoms with Crippen molar-refractivity contribution in [2.24, 2.45) is 0 Å². The number of rotatable bonds is 4. The SMILES string of the molecule is CCc1ccc2nc(N3CCN(C(=O)c4cccc([N+](=O)[O-])c4)CC3)sc2c1. The molecule has 144 valence electrons. The van der Waals surface area contributed by atoms with Crippen LogP contribution in [0.25, 0.3) is 10.2 Å². The zero-order chi connectivity index (χ0) is 19.7. The van der Waals surface area contributed by atoms with Crippen LogP contribution in [0.1, 0.15) is 22.8 Å². The lowest BCUT2D eigenvalue weighted by Gasteiger charge is -2.34. The van der Waals surface area contributed by atoms with Gasteiger partial charge in [0.2, 0.25) is 0 Å². The molecule has 1 aliphatic rings. The van der Waals surface area contributed by atoms with Gasteiger partial charge in [0, 0.05) is 43.9 Å². The van der Waals surface area contributed by atoms with Gasteiger partial charge < -0.3 is 9.80 Å². The summed E-state index contributed by atoms with van der Waals surface area (Å²) in [5.41, 5.74) is 2.60. The molecule has 0 unspecified atom stereocenters. The fourth-order valence-electron chi connectivity index (χ4n) is 3.35. The standard InChI is InChI=1S/C20H20N4O3S/c1-2-14-6-7-17-18(12-14)28-20(21-17)23-10-8-22(9-11-23)19(25)15-4-3-5-16(13-15)24(26)27/h3-7,12-13H,2,8-11H2,1H3. The van der Waals surface area contributed by atoms with Crippen LogP contribution in [-0.4, -0.2) is 46.9 Å². The molecule has 4 rings (SSSR count). The van der Waals surface area contributed by atoms with E-state index in [4.69, 9.17) is 4.98 Å². The van der Waals surface area contributed by atoms with Gasteiger partial charge in [-0.25, -0.2) is 4.98 Å². The third-order valence-electron chi connectivity index (χ3n) is 4.99. The molecule has 2 heterocycles. The van der Waals surface area contributed by atoms with Gasteiger partial charge in [0.1, 0.15) is 0 Å². The van der Waals surface area contributed by atoms with E-state index in [1.165, 1.54) is 22.4 Å². The Kier molecular flexibility index (Phi) is 4.95. The lowest BCUT2D eigenvalue weighted by atomic mass is 10.1. The largest absolute Gasteiger partial charge is 0.345 e. The normalized spacial score (nSPS) is 14.5. The summed E-state index contributed by atoms with van der Waals surface area (Å²) in [4.78, 5) is 31.8. The van der Waals surface area contributed by atoms with Crippen molar-refractivity contribution in [1.29, 1.82) is 0 Å². The van der Waals surface area contributed by atoms with Crippen molar-refractivity contribution < 1.29 is 9.72 Å². The van der Waals surface area contributed by atoms with Gasteiger partial charge in [-0.05, 0) is 30.2 Å². The molecule has 0 spiro atoms. The average Bonchev–Trinajstić information content (AvgIpc) is 3.16. The van der Waals surface area contributed by atoms with Gasteiger partial charge in [-0.15, -0.1) is 0 Å². The van der Waals surface area contributed by atoms with Crippen molar-refractivity contribution in [2.75, 3.05) is 31.1 Å². The molecule has 0 bridgehead atoms. The second-order valence-corrected chi connectivity index (χ2v) is 7.75. The van der Waals surface area contributed by atoms with Crippen LogP contribution in [0.2, 0.25) is 0 Å². The molecule has 1 saturated heterocycles. The lowest BCUT2D eigenvalue weighted by Crippen LogP contribution is -2.48. The molecule has 0 radical (unpaired) electrons. The van der Waals surface area contributed by atoms with E-state index in [0.717, 1.165) is 17.1 Å². The molecule has 1 fully saturated rings. The minimum absolute atomic E-state index is 0.0644. The number of aryl methyl sites for hydroxylation is 1. The van der Waals surface area contributed by atoms with E-state index in [-0.39, 0.29) is 11.6 Å². The molecule has 0 N–H and O–H groups in total. The topological polar surface area (TPSA) is 79.6 Å². The van der Waals surface area contributed by atoms with Crippen molar-refractivity contribution in [3.05, 3.63) is 63.7 Å². The summed E-state index contributed by atoms with van der Waals surface area (Å²) in [6, 6.07) is 12.3. The molecule has 3 aromatic rings. The Morgan fingerprint density at radius 2 is 1.96 bits per heavy atom. The number of benzene rings is 2. The second-order valence-electron chi connectivity index (χ2n) is 6.74. The number of nitro benzene ring substituents is 1. The first kappa shape index (κ1) is 18.4. The Morgan fingerprint density at radius 1 is 1.18 bits per heavy atom. The molecule has 0 atom stereocenters. The number of nitrogens with zero attached hydrogens (tertiary/aromatic N) is 4. The highest BCUT2D eigenvalue weighted by atomic mass is 32.1. The number of aromatic nitrogens is 1. The Labute approximate surface area is 166 Å². The van der Waals surface area contributed by atoms with Gasteiger partial charge >= 0.3 is 0 Å². The van der Waals surface area contributed by atoms with E-state index >= 15 is 0 Å². The number of anilines is 1. The van der Waals surface area contributed by atoms with Gasteiger partial charge in [-0.1, -0.05) is 30.4 Å². The van der Waals surface area contributed by atoms with E-state index in [0.29, 0.717) is 31.7 Å². The molecule has 1 aromatic heterocycles. The molecule has 0 aliphatic carbocycles. The molecule has 2 aromatic carbocycles. The zero-order valence-corrected chi connectivity index (χ0v) is 16.3. The number of amides is 1.